The number of nitrogens with zero attached hydrogens (tertiary/aromatic N) is 2. The lowest BCUT2D eigenvalue weighted by atomic mass is 10.4. The number of nitriles is 1. The van der Waals surface area contributed by atoms with Crippen molar-refractivity contribution in [2.75, 3.05) is 0 Å². The van der Waals surface area contributed by atoms with Gasteiger partial charge in [-0.2, -0.15) is 5.26 Å². The van der Waals surface area contributed by atoms with Gasteiger partial charge in [0.05, 0.1) is 6.07 Å². The fourth-order valence-corrected chi connectivity index (χ4v) is 4.48. The van der Waals surface area contributed by atoms with Gasteiger partial charge in [0.2, 0.25) is 13.7 Å². The van der Waals surface area contributed by atoms with E-state index >= 15 is 0 Å². The molecule has 10 heteroatoms. The summed E-state index contributed by atoms with van der Waals surface area (Å²) < 4.78 is 23.4. The van der Waals surface area contributed by atoms with Crippen molar-refractivity contribution in [3.8, 4) is 6.07 Å². The van der Waals surface area contributed by atoms with Crippen LogP contribution in [0.25, 0.3) is 0 Å². The van der Waals surface area contributed by atoms with Crippen LogP contribution in [0.1, 0.15) is 20.8 Å². The van der Waals surface area contributed by atoms with Gasteiger partial charge in [0.15, 0.2) is 10.1 Å². The second-order valence-electron chi connectivity index (χ2n) is 3.62. The van der Waals surface area contributed by atoms with Gasteiger partial charge in [-0.25, -0.2) is 8.42 Å². The quantitative estimate of drug-likeness (QED) is 0.527. The lowest BCUT2D eigenvalue weighted by molar-refractivity contribution is 0.497. The van der Waals surface area contributed by atoms with E-state index in [9.17, 15) is 8.42 Å². The number of hydrogen-bond donors (Lipinski definition) is 0. The molecule has 0 heterocycles. The van der Waals surface area contributed by atoms with E-state index in [1.807, 2.05) is 0 Å². The average Bonchev–Trinajstić information content (AvgIpc) is 2.23. The summed E-state index contributed by atoms with van der Waals surface area (Å²) in [6, 6.07) is 1.20. The molecule has 18 heavy (non-hydrogen) atoms. The molecule has 1 atom stereocenters. The summed E-state index contributed by atoms with van der Waals surface area (Å²) in [5, 5.41) is 7.50. The SMILES string of the molecule is CC(C)N(SC(Cl)(Cl)C(Cl)Cl)S(=O)(=O)C(C)C#N. The van der Waals surface area contributed by atoms with Crippen LogP contribution >= 0.6 is 58.4 Å². The van der Waals surface area contributed by atoms with Crippen LogP contribution in [0.5, 0.6) is 0 Å². The fourth-order valence-electron chi connectivity index (χ4n) is 0.833. The first-order valence-electron chi connectivity index (χ1n) is 4.74. The number of rotatable bonds is 6. The van der Waals surface area contributed by atoms with Crippen molar-refractivity contribution in [2.24, 2.45) is 0 Å². The maximum atomic E-state index is 12.1. The van der Waals surface area contributed by atoms with Crippen molar-refractivity contribution < 1.29 is 8.42 Å². The van der Waals surface area contributed by atoms with Crippen LogP contribution in [-0.4, -0.2) is 31.9 Å². The maximum absolute atomic E-state index is 12.1. The third-order valence-electron chi connectivity index (χ3n) is 1.77. The second kappa shape index (κ2) is 7.07. The molecule has 0 aromatic heterocycles. The molecule has 0 radical (unpaired) electrons. The topological polar surface area (TPSA) is 61.2 Å². The summed E-state index contributed by atoms with van der Waals surface area (Å²) >= 11 is 23.4. The summed E-state index contributed by atoms with van der Waals surface area (Å²) in [6.07, 6.45) is 0. The zero-order chi connectivity index (χ0) is 14.7. The van der Waals surface area contributed by atoms with E-state index in [1.165, 1.54) is 6.92 Å². The van der Waals surface area contributed by atoms with Crippen LogP contribution in [0.15, 0.2) is 0 Å². The lowest BCUT2D eigenvalue weighted by Crippen LogP contribution is -2.40. The molecule has 106 valence electrons. The molecular formula is C8H12Cl4N2O2S2. The van der Waals surface area contributed by atoms with Gasteiger partial charge in [0.25, 0.3) is 0 Å². The Bertz CT molecular complexity index is 419. The molecule has 0 amide bonds. The third-order valence-corrected chi connectivity index (χ3v) is 7.83. The Kier molecular flexibility index (Phi) is 7.43. The first kappa shape index (κ1) is 18.9. The summed E-state index contributed by atoms with van der Waals surface area (Å²) in [5.41, 5.74) is 0. The van der Waals surface area contributed by atoms with Crippen LogP contribution in [0.2, 0.25) is 0 Å². The molecule has 1 unspecified atom stereocenters. The van der Waals surface area contributed by atoms with Crippen molar-refractivity contribution in [3.05, 3.63) is 0 Å². The van der Waals surface area contributed by atoms with Gasteiger partial charge >= 0.3 is 0 Å². The Morgan fingerprint density at radius 2 is 1.72 bits per heavy atom. The molecule has 0 spiro atoms. The number of hydrogen-bond acceptors (Lipinski definition) is 4. The third kappa shape index (κ3) is 4.78. The molecule has 0 aliphatic rings. The molecule has 0 fully saturated rings. The highest BCUT2D eigenvalue weighted by Gasteiger charge is 2.42. The van der Waals surface area contributed by atoms with Crippen LogP contribution < -0.4 is 0 Å². The van der Waals surface area contributed by atoms with Gasteiger partial charge in [0, 0.05) is 6.04 Å². The van der Waals surface area contributed by atoms with E-state index in [0.29, 0.717) is 11.9 Å². The lowest BCUT2D eigenvalue weighted by Gasteiger charge is -2.31. The van der Waals surface area contributed by atoms with E-state index in [4.69, 9.17) is 51.7 Å². The zero-order valence-corrected chi connectivity index (χ0v) is 14.4. The molecule has 4 nitrogen and oxygen atoms in total. The number of halogens is 4. The van der Waals surface area contributed by atoms with Gasteiger partial charge in [0.1, 0.15) is 0 Å². The van der Waals surface area contributed by atoms with Crippen molar-refractivity contribution in [1.82, 2.24) is 3.71 Å². The van der Waals surface area contributed by atoms with Crippen LogP contribution in [0.3, 0.4) is 0 Å². The number of alkyl halides is 4. The van der Waals surface area contributed by atoms with Crippen molar-refractivity contribution in [3.63, 3.8) is 0 Å². The normalized spacial score (nSPS) is 15.2. The van der Waals surface area contributed by atoms with E-state index < -0.39 is 29.8 Å². The van der Waals surface area contributed by atoms with Gasteiger partial charge in [-0.1, -0.05) is 23.2 Å². The van der Waals surface area contributed by atoms with E-state index in [-0.39, 0.29) is 0 Å². The van der Waals surface area contributed by atoms with Gasteiger partial charge in [-0.15, -0.1) is 26.9 Å². The Balaban J connectivity index is 5.33. The summed E-state index contributed by atoms with van der Waals surface area (Å²) in [6.45, 7) is 4.51. The molecule has 0 aromatic rings. The second-order valence-corrected chi connectivity index (χ2v) is 10.1. The summed E-state index contributed by atoms with van der Waals surface area (Å²) in [7, 11) is -3.87. The van der Waals surface area contributed by atoms with E-state index in [2.05, 4.69) is 0 Å². The van der Waals surface area contributed by atoms with Gasteiger partial charge < -0.3 is 0 Å². The predicted molar refractivity (Wildman–Crippen MR) is 78.5 cm³/mol. The fraction of sp³-hybridized carbons (Fsp3) is 0.875. The first-order valence-corrected chi connectivity index (χ1v) is 8.65. The largest absolute Gasteiger partial charge is 0.239 e. The molecule has 0 saturated carbocycles. The molecule has 0 aliphatic heterocycles. The van der Waals surface area contributed by atoms with Crippen LogP contribution in [-0.2, 0) is 10.0 Å². The van der Waals surface area contributed by atoms with Crippen molar-refractivity contribution in [1.29, 1.82) is 5.26 Å². The Labute approximate surface area is 132 Å². The minimum atomic E-state index is -3.87. The maximum Gasteiger partial charge on any atom is 0.239 e. The molecule has 0 aliphatic carbocycles. The minimum Gasteiger partial charge on any atom is -0.210 e. The summed E-state index contributed by atoms with van der Waals surface area (Å²) in [5.74, 6) is 0. The molecule has 0 aromatic carbocycles. The minimum absolute atomic E-state index is 0.459. The molecular weight excluding hydrogens is 362 g/mol. The molecule has 0 N–H and O–H groups in total. The Morgan fingerprint density at radius 3 is 2.00 bits per heavy atom. The van der Waals surface area contributed by atoms with E-state index in [1.54, 1.807) is 19.9 Å². The highest BCUT2D eigenvalue weighted by Crippen LogP contribution is 2.46. The van der Waals surface area contributed by atoms with E-state index in [0.717, 1.165) is 3.71 Å². The number of sulfonamides is 1. The van der Waals surface area contributed by atoms with Gasteiger partial charge in [-0.05, 0) is 32.7 Å². The van der Waals surface area contributed by atoms with Crippen molar-refractivity contribution in [2.45, 2.75) is 40.6 Å². The molecule has 0 saturated heterocycles. The summed E-state index contributed by atoms with van der Waals surface area (Å²) in [4.78, 5) is -1.19. The molecule has 0 bridgehead atoms. The zero-order valence-electron chi connectivity index (χ0n) is 9.77. The van der Waals surface area contributed by atoms with Gasteiger partial charge in [-0.3, -0.25) is 0 Å². The monoisotopic (exact) mass is 372 g/mol. The predicted octanol–water partition coefficient (Wildman–Crippen LogP) is 3.52. The highest BCUT2D eigenvalue weighted by atomic mass is 35.5. The highest BCUT2D eigenvalue weighted by molar-refractivity contribution is 8.11. The first-order chi connectivity index (χ1) is 7.96. The van der Waals surface area contributed by atoms with Crippen molar-refractivity contribution >= 4 is 68.4 Å². The Morgan fingerprint density at radius 1 is 1.28 bits per heavy atom. The standard InChI is InChI=1S/C8H12Cl4N2O2S2/c1-5(2)14(17-8(11,12)7(9)10)18(15,16)6(3)4-13/h5-7H,1-3H3. The smallest absolute Gasteiger partial charge is 0.210 e. The van der Waals surface area contributed by atoms with Crippen LogP contribution in [0, 0.1) is 11.3 Å². The Hall–Kier alpha value is 0.910. The molecule has 0 rings (SSSR count). The van der Waals surface area contributed by atoms with Crippen LogP contribution in [0.4, 0.5) is 0 Å². The average molecular weight is 374 g/mol.